The molecule has 58 heavy (non-hydrogen) atoms. The van der Waals surface area contributed by atoms with E-state index in [-0.39, 0.29) is 42.6 Å². The van der Waals surface area contributed by atoms with Gasteiger partial charge in [-0.15, -0.1) is 10.1 Å². The first-order valence-electron chi connectivity index (χ1n) is 18.4. The Morgan fingerprint density at radius 2 is 1.74 bits per heavy atom. The fraction of sp³-hybridized carbons (Fsp3) is 0.357. The summed E-state index contributed by atoms with van der Waals surface area (Å²) in [4.78, 5) is 52.4. The summed E-state index contributed by atoms with van der Waals surface area (Å²) in [7, 11) is 1.37. The molecule has 3 N–H and O–H groups in total. The van der Waals surface area contributed by atoms with E-state index in [0.717, 1.165) is 12.2 Å². The normalized spacial score (nSPS) is 18.6. The number of rotatable bonds is 21. The molecule has 14 nitrogen and oxygen atoms in total. The van der Waals surface area contributed by atoms with Gasteiger partial charge in [0, 0.05) is 24.8 Å². The van der Waals surface area contributed by atoms with Gasteiger partial charge in [0.15, 0.2) is 18.1 Å². The highest BCUT2D eigenvalue weighted by atomic mass is 19.3. The molecule has 0 radical (unpaired) electrons. The van der Waals surface area contributed by atoms with Crippen molar-refractivity contribution >= 4 is 23.9 Å². The molecule has 5 atom stereocenters. The third-order valence-electron chi connectivity index (χ3n) is 9.00. The summed E-state index contributed by atoms with van der Waals surface area (Å²) in [6, 6.07) is 17.9. The van der Waals surface area contributed by atoms with E-state index in [0.29, 0.717) is 36.1 Å². The number of methoxy groups -OCH3 is 1. The number of halogens is 2. The summed E-state index contributed by atoms with van der Waals surface area (Å²) in [6.45, 7) is 0.303. The molecule has 1 saturated carbocycles. The van der Waals surface area contributed by atoms with Crippen LogP contribution in [-0.4, -0.2) is 71.0 Å². The minimum absolute atomic E-state index is 0.0708. The molecule has 3 aromatic rings. The molecule has 0 spiro atoms. The van der Waals surface area contributed by atoms with E-state index < -0.39 is 59.6 Å². The number of alkyl halides is 2. The van der Waals surface area contributed by atoms with Gasteiger partial charge in [-0.3, -0.25) is 4.79 Å². The molecule has 1 amide bonds. The molecule has 0 saturated heterocycles. The van der Waals surface area contributed by atoms with Crippen molar-refractivity contribution < 1.29 is 62.2 Å². The van der Waals surface area contributed by atoms with Crippen LogP contribution in [0, 0.1) is 22.0 Å². The van der Waals surface area contributed by atoms with Crippen molar-refractivity contribution in [3.05, 3.63) is 124 Å². The van der Waals surface area contributed by atoms with Crippen LogP contribution >= 0.6 is 0 Å². The average Bonchev–Trinajstić information content (AvgIpc) is 3.47. The number of hydrogen-bond acceptors (Lipinski definition) is 12. The second-order valence-electron chi connectivity index (χ2n) is 13.5. The molecule has 1 unspecified atom stereocenters. The van der Waals surface area contributed by atoms with Crippen LogP contribution in [0.15, 0.2) is 103 Å². The number of unbranched alkanes of at least 4 members (excludes halogenated alkanes) is 1. The SMILES string of the molecule is COc1cc(/C=C/C(=O)Oc2cccc(CO[N+](=O)[O-])c2)ccc1OC(=O)C(C)NC(=O)CCC/C=C\C[C@@H]1[C@@H](/C=C/C(F)(F)COc2ccccc2)[C@H](O)C[C@@H]1O. The Bertz CT molecular complexity index is 1940. The van der Waals surface area contributed by atoms with E-state index in [1.165, 1.54) is 50.5 Å². The molecule has 1 aliphatic carbocycles. The highest BCUT2D eigenvalue weighted by molar-refractivity contribution is 5.89. The maximum atomic E-state index is 14.5. The highest BCUT2D eigenvalue weighted by Gasteiger charge is 2.40. The second kappa shape index (κ2) is 22.0. The summed E-state index contributed by atoms with van der Waals surface area (Å²) in [5.74, 6) is -5.54. The topological polar surface area (TPSA) is 193 Å². The van der Waals surface area contributed by atoms with Crippen LogP contribution in [0.5, 0.6) is 23.0 Å². The lowest BCUT2D eigenvalue weighted by atomic mass is 9.89. The number of nitrogens with one attached hydrogen (secondary N) is 1. The molecule has 16 heteroatoms. The number of aliphatic hydroxyl groups excluding tert-OH is 2. The van der Waals surface area contributed by atoms with Crippen molar-refractivity contribution in [3.63, 3.8) is 0 Å². The van der Waals surface area contributed by atoms with Gasteiger partial charge in [0.25, 0.3) is 11.0 Å². The Hall–Kier alpha value is -6.13. The van der Waals surface area contributed by atoms with E-state index in [1.54, 1.807) is 54.6 Å². The van der Waals surface area contributed by atoms with Crippen molar-refractivity contribution in [3.8, 4) is 23.0 Å². The number of benzene rings is 3. The van der Waals surface area contributed by atoms with Crippen molar-refractivity contribution in [2.24, 2.45) is 11.8 Å². The van der Waals surface area contributed by atoms with Gasteiger partial charge in [-0.2, -0.15) is 8.78 Å². The summed E-state index contributed by atoms with van der Waals surface area (Å²) < 4.78 is 50.2. The van der Waals surface area contributed by atoms with Gasteiger partial charge in [-0.25, -0.2) is 9.59 Å². The number of carbonyl (C=O) groups is 3. The Kier molecular flexibility index (Phi) is 16.9. The number of nitrogens with zero attached hydrogens (tertiary/aromatic N) is 1. The molecular weight excluding hydrogens is 762 g/mol. The number of para-hydroxylation sites is 1. The smallest absolute Gasteiger partial charge is 0.336 e. The Morgan fingerprint density at radius 3 is 2.48 bits per heavy atom. The second-order valence-corrected chi connectivity index (χ2v) is 13.5. The zero-order valence-electron chi connectivity index (χ0n) is 31.9. The van der Waals surface area contributed by atoms with Crippen LogP contribution in [0.4, 0.5) is 8.78 Å². The average molecular weight is 809 g/mol. The molecule has 0 aliphatic heterocycles. The molecule has 0 aromatic heterocycles. The van der Waals surface area contributed by atoms with E-state index in [4.69, 9.17) is 18.9 Å². The molecule has 3 aromatic carbocycles. The minimum Gasteiger partial charge on any atom is -0.493 e. The van der Waals surface area contributed by atoms with Gasteiger partial charge >= 0.3 is 11.9 Å². The first-order chi connectivity index (χ1) is 27.7. The number of allylic oxidation sites excluding steroid dienone is 2. The number of amides is 1. The predicted molar refractivity (Wildman–Crippen MR) is 206 cm³/mol. The van der Waals surface area contributed by atoms with E-state index in [9.17, 15) is 43.5 Å². The number of carbonyl (C=O) groups excluding carboxylic acids is 3. The molecule has 0 bridgehead atoms. The predicted octanol–water partition coefficient (Wildman–Crippen LogP) is 6.18. The molecular formula is C42H46F2N2O12. The first-order valence-corrected chi connectivity index (χ1v) is 18.4. The number of hydrogen-bond donors (Lipinski definition) is 3. The van der Waals surface area contributed by atoms with Gasteiger partial charge < -0.3 is 39.3 Å². The Morgan fingerprint density at radius 1 is 0.983 bits per heavy atom. The third-order valence-corrected chi connectivity index (χ3v) is 9.00. The molecule has 4 rings (SSSR count). The molecule has 1 aliphatic rings. The largest absolute Gasteiger partial charge is 0.493 e. The van der Waals surface area contributed by atoms with E-state index >= 15 is 0 Å². The van der Waals surface area contributed by atoms with Crippen molar-refractivity contribution in [1.82, 2.24) is 5.32 Å². The van der Waals surface area contributed by atoms with Crippen molar-refractivity contribution in [2.45, 2.75) is 69.8 Å². The van der Waals surface area contributed by atoms with E-state index in [2.05, 4.69) is 10.2 Å². The lowest BCUT2D eigenvalue weighted by Gasteiger charge is -2.20. The van der Waals surface area contributed by atoms with Gasteiger partial charge in [0.1, 0.15) is 24.1 Å². The van der Waals surface area contributed by atoms with Crippen LogP contribution in [-0.2, 0) is 25.8 Å². The fourth-order valence-electron chi connectivity index (χ4n) is 6.04. The lowest BCUT2D eigenvalue weighted by molar-refractivity contribution is -0.763. The highest BCUT2D eigenvalue weighted by Crippen LogP contribution is 2.37. The van der Waals surface area contributed by atoms with Gasteiger partial charge in [-0.1, -0.05) is 54.6 Å². The van der Waals surface area contributed by atoms with Crippen molar-refractivity contribution in [1.29, 1.82) is 0 Å². The number of aliphatic hydroxyl groups is 2. The Labute approximate surface area is 333 Å². The maximum Gasteiger partial charge on any atom is 0.336 e. The fourth-order valence-corrected chi connectivity index (χ4v) is 6.04. The number of ether oxygens (including phenoxy) is 4. The summed E-state index contributed by atoms with van der Waals surface area (Å²) in [5.41, 5.74) is 0.943. The van der Waals surface area contributed by atoms with Crippen LogP contribution in [0.1, 0.15) is 50.2 Å². The lowest BCUT2D eigenvalue weighted by Crippen LogP contribution is -2.40. The number of esters is 2. The minimum atomic E-state index is -3.28. The van der Waals surface area contributed by atoms with Crippen LogP contribution < -0.4 is 24.3 Å². The third kappa shape index (κ3) is 14.7. The Balaban J connectivity index is 1.18. The first kappa shape index (κ1) is 44.6. The van der Waals surface area contributed by atoms with Crippen LogP contribution in [0.3, 0.4) is 0 Å². The standard InChI is InChI=1S/C42H46F2N2O12/c1-28(41(51)58-37-19-17-29(24-38(37)54-2)18-20-40(50)57-32-14-10-11-30(23-32)26-56-46(52)53)45-39(49)16-9-4-3-8-15-33-34(36(48)25-35(33)47)21-22-42(43,44)27-55-31-12-6-5-7-13-31/h3,5-8,10-14,17-24,28,33-36,47-48H,4,9,15-16,25-27H2,1-2H3,(H,45,49)/b8-3-,20-18+,22-21+/t28?,33-,34-,35+,36-/m1/s1. The monoisotopic (exact) mass is 808 g/mol. The molecule has 0 heterocycles. The maximum absolute atomic E-state index is 14.5. The summed E-state index contributed by atoms with van der Waals surface area (Å²) in [5, 5.41) is 33.0. The van der Waals surface area contributed by atoms with Gasteiger partial charge in [0.2, 0.25) is 5.91 Å². The van der Waals surface area contributed by atoms with Crippen LogP contribution in [0.2, 0.25) is 0 Å². The molecule has 310 valence electrons. The van der Waals surface area contributed by atoms with Crippen molar-refractivity contribution in [2.75, 3.05) is 13.7 Å². The van der Waals surface area contributed by atoms with Gasteiger partial charge in [0.05, 0.1) is 19.3 Å². The quantitative estimate of drug-likeness (QED) is 0.0211. The van der Waals surface area contributed by atoms with Crippen LogP contribution in [0.25, 0.3) is 6.08 Å². The molecule has 1 fully saturated rings. The zero-order valence-corrected chi connectivity index (χ0v) is 31.9. The summed E-state index contributed by atoms with van der Waals surface area (Å²) >= 11 is 0. The zero-order chi connectivity index (χ0) is 42.1. The van der Waals surface area contributed by atoms with E-state index in [1.807, 2.05) is 6.08 Å². The summed E-state index contributed by atoms with van der Waals surface area (Å²) in [6.07, 6.45) is 7.80. The van der Waals surface area contributed by atoms with Gasteiger partial charge in [-0.05, 0) is 91.8 Å².